The summed E-state index contributed by atoms with van der Waals surface area (Å²) in [5.41, 5.74) is 2.60. The number of anilines is 3. The van der Waals surface area contributed by atoms with Gasteiger partial charge in [-0.15, -0.1) is 0 Å². The van der Waals surface area contributed by atoms with Crippen LogP contribution in [0.15, 0.2) is 102 Å². The van der Waals surface area contributed by atoms with E-state index < -0.39 is 0 Å². The third-order valence-corrected chi connectivity index (χ3v) is 4.56. The topological polar surface area (TPSA) is 100 Å². The lowest BCUT2D eigenvalue weighted by atomic mass is 10.1. The molecule has 32 heavy (non-hydrogen) atoms. The monoisotopic (exact) mass is 425 g/mol. The summed E-state index contributed by atoms with van der Waals surface area (Å²) < 4.78 is 5.05. The van der Waals surface area contributed by atoms with Crippen molar-refractivity contribution in [1.29, 1.82) is 0 Å². The fourth-order valence-corrected chi connectivity index (χ4v) is 2.98. The van der Waals surface area contributed by atoms with E-state index in [9.17, 15) is 14.4 Å². The molecule has 0 saturated carbocycles. The molecular formula is C25H19N3O4. The number of furan rings is 1. The van der Waals surface area contributed by atoms with Crippen LogP contribution >= 0.6 is 0 Å². The minimum atomic E-state index is -0.374. The molecule has 7 nitrogen and oxygen atoms in total. The highest BCUT2D eigenvalue weighted by molar-refractivity contribution is 6.07. The van der Waals surface area contributed by atoms with Gasteiger partial charge in [0, 0.05) is 28.2 Å². The van der Waals surface area contributed by atoms with E-state index in [-0.39, 0.29) is 23.5 Å². The van der Waals surface area contributed by atoms with Crippen molar-refractivity contribution in [2.45, 2.75) is 0 Å². The number of nitrogens with one attached hydrogen (secondary N) is 3. The highest BCUT2D eigenvalue weighted by Gasteiger charge is 2.11. The van der Waals surface area contributed by atoms with Gasteiger partial charge in [0.05, 0.1) is 6.26 Å². The van der Waals surface area contributed by atoms with Crippen LogP contribution in [0.4, 0.5) is 17.1 Å². The first-order valence-electron chi connectivity index (χ1n) is 9.81. The molecule has 7 heteroatoms. The highest BCUT2D eigenvalue weighted by Crippen LogP contribution is 2.18. The van der Waals surface area contributed by atoms with Crippen LogP contribution in [0, 0.1) is 0 Å². The summed E-state index contributed by atoms with van der Waals surface area (Å²) in [6.07, 6.45) is 1.42. The molecule has 4 aromatic rings. The zero-order chi connectivity index (χ0) is 22.3. The van der Waals surface area contributed by atoms with Crippen molar-refractivity contribution in [2.75, 3.05) is 16.0 Å². The van der Waals surface area contributed by atoms with Crippen LogP contribution in [0.1, 0.15) is 31.3 Å². The summed E-state index contributed by atoms with van der Waals surface area (Å²) in [6.45, 7) is 0. The van der Waals surface area contributed by atoms with Gasteiger partial charge >= 0.3 is 0 Å². The van der Waals surface area contributed by atoms with Gasteiger partial charge in [0.1, 0.15) is 0 Å². The van der Waals surface area contributed by atoms with E-state index in [1.165, 1.54) is 6.26 Å². The Morgan fingerprint density at radius 1 is 0.531 bits per heavy atom. The van der Waals surface area contributed by atoms with Gasteiger partial charge < -0.3 is 20.4 Å². The van der Waals surface area contributed by atoms with Crippen LogP contribution in [-0.4, -0.2) is 17.7 Å². The van der Waals surface area contributed by atoms with Crippen molar-refractivity contribution in [3.8, 4) is 0 Å². The lowest BCUT2D eigenvalue weighted by Gasteiger charge is -2.10. The van der Waals surface area contributed by atoms with Crippen molar-refractivity contribution < 1.29 is 18.8 Å². The Bertz CT molecular complexity index is 1230. The van der Waals surface area contributed by atoms with E-state index in [2.05, 4.69) is 16.0 Å². The molecule has 0 spiro atoms. The van der Waals surface area contributed by atoms with Gasteiger partial charge in [0.2, 0.25) is 0 Å². The lowest BCUT2D eigenvalue weighted by molar-refractivity contribution is 0.0994. The second-order valence-electron chi connectivity index (χ2n) is 6.86. The van der Waals surface area contributed by atoms with Gasteiger partial charge in [0.25, 0.3) is 17.7 Å². The molecule has 0 atom stereocenters. The first-order chi connectivity index (χ1) is 15.6. The zero-order valence-corrected chi connectivity index (χ0v) is 16.9. The quantitative estimate of drug-likeness (QED) is 0.403. The first kappa shape index (κ1) is 20.6. The summed E-state index contributed by atoms with van der Waals surface area (Å²) in [5, 5.41) is 8.31. The minimum absolute atomic E-state index is 0.200. The van der Waals surface area contributed by atoms with Crippen molar-refractivity contribution in [3.63, 3.8) is 0 Å². The van der Waals surface area contributed by atoms with E-state index in [1.54, 1.807) is 84.9 Å². The molecule has 3 amide bonds. The van der Waals surface area contributed by atoms with Crippen LogP contribution in [0.5, 0.6) is 0 Å². The molecule has 0 fully saturated rings. The maximum Gasteiger partial charge on any atom is 0.291 e. The average molecular weight is 425 g/mol. The van der Waals surface area contributed by atoms with Gasteiger partial charge in [-0.3, -0.25) is 14.4 Å². The summed E-state index contributed by atoms with van der Waals surface area (Å²) >= 11 is 0. The number of carbonyl (C=O) groups is 3. The smallest absolute Gasteiger partial charge is 0.291 e. The van der Waals surface area contributed by atoms with E-state index in [4.69, 9.17) is 4.42 Å². The summed E-state index contributed by atoms with van der Waals surface area (Å²) in [5.74, 6) is -0.727. The molecule has 0 saturated heterocycles. The second-order valence-corrected chi connectivity index (χ2v) is 6.86. The molecule has 0 unspecified atom stereocenters. The van der Waals surface area contributed by atoms with Crippen LogP contribution in [-0.2, 0) is 0 Å². The van der Waals surface area contributed by atoms with E-state index in [1.807, 2.05) is 6.07 Å². The van der Waals surface area contributed by atoms with Gasteiger partial charge in [-0.05, 0) is 66.7 Å². The molecule has 3 N–H and O–H groups in total. The normalized spacial score (nSPS) is 10.2. The molecule has 4 rings (SSSR count). The number of hydrogen-bond acceptors (Lipinski definition) is 4. The number of carbonyl (C=O) groups excluding carboxylic acids is 3. The summed E-state index contributed by atoms with van der Waals surface area (Å²) in [6, 6.07) is 25.4. The molecule has 0 aliphatic heterocycles. The third-order valence-electron chi connectivity index (χ3n) is 4.56. The van der Waals surface area contributed by atoms with Gasteiger partial charge in [-0.2, -0.15) is 0 Å². The predicted molar refractivity (Wildman–Crippen MR) is 122 cm³/mol. The molecule has 1 aromatic heterocycles. The molecule has 0 radical (unpaired) electrons. The summed E-state index contributed by atoms with van der Waals surface area (Å²) in [4.78, 5) is 36.9. The van der Waals surface area contributed by atoms with Crippen LogP contribution in [0.2, 0.25) is 0 Å². The Morgan fingerprint density at radius 3 is 1.72 bits per heavy atom. The molecule has 0 bridgehead atoms. The fourth-order valence-electron chi connectivity index (χ4n) is 2.98. The van der Waals surface area contributed by atoms with Crippen molar-refractivity contribution >= 4 is 34.8 Å². The number of hydrogen-bond donors (Lipinski definition) is 3. The largest absolute Gasteiger partial charge is 0.459 e. The van der Waals surface area contributed by atoms with E-state index in [0.29, 0.717) is 28.2 Å². The van der Waals surface area contributed by atoms with Crippen LogP contribution in [0.3, 0.4) is 0 Å². The van der Waals surface area contributed by atoms with E-state index in [0.717, 1.165) is 0 Å². The van der Waals surface area contributed by atoms with Gasteiger partial charge in [0.15, 0.2) is 5.76 Å². The van der Waals surface area contributed by atoms with Crippen molar-refractivity contribution in [1.82, 2.24) is 0 Å². The first-order valence-corrected chi connectivity index (χ1v) is 9.81. The number of rotatable bonds is 6. The molecule has 158 valence electrons. The molecule has 0 aliphatic carbocycles. The third kappa shape index (κ3) is 5.09. The molecular weight excluding hydrogens is 406 g/mol. The number of benzene rings is 3. The predicted octanol–water partition coefficient (Wildman–Crippen LogP) is 5.04. The Kier molecular flexibility index (Phi) is 6.08. The zero-order valence-electron chi connectivity index (χ0n) is 16.9. The van der Waals surface area contributed by atoms with E-state index >= 15 is 0 Å². The second kappa shape index (κ2) is 9.44. The Balaban J connectivity index is 1.38. The average Bonchev–Trinajstić information content (AvgIpc) is 3.36. The van der Waals surface area contributed by atoms with Crippen LogP contribution < -0.4 is 16.0 Å². The lowest BCUT2D eigenvalue weighted by Crippen LogP contribution is -2.14. The maximum atomic E-state index is 12.6. The standard InChI is InChI=1S/C25H19N3O4/c29-23(17-6-2-1-3-7-17)27-20-8-4-9-21(16-20)28-24(30)18-11-13-19(14-12-18)26-25(31)22-10-5-15-32-22/h1-16H,(H,26,31)(H,27,29)(H,28,30). The van der Waals surface area contributed by atoms with Crippen molar-refractivity contribution in [2.24, 2.45) is 0 Å². The Hall–Kier alpha value is -4.65. The van der Waals surface area contributed by atoms with Crippen molar-refractivity contribution in [3.05, 3.63) is 114 Å². The molecule has 1 heterocycles. The Morgan fingerprint density at radius 2 is 1.12 bits per heavy atom. The molecule has 3 aromatic carbocycles. The number of amides is 3. The van der Waals surface area contributed by atoms with Crippen LogP contribution in [0.25, 0.3) is 0 Å². The highest BCUT2D eigenvalue weighted by atomic mass is 16.3. The SMILES string of the molecule is O=C(Nc1cccc(NC(=O)c2ccc(NC(=O)c3ccco3)cc2)c1)c1ccccc1. The fraction of sp³-hybridized carbons (Fsp3) is 0. The minimum Gasteiger partial charge on any atom is -0.459 e. The summed E-state index contributed by atoms with van der Waals surface area (Å²) in [7, 11) is 0. The maximum absolute atomic E-state index is 12.6. The Labute approximate surface area is 184 Å². The molecule has 0 aliphatic rings. The van der Waals surface area contributed by atoms with Gasteiger partial charge in [-0.1, -0.05) is 24.3 Å². The van der Waals surface area contributed by atoms with Gasteiger partial charge in [-0.25, -0.2) is 0 Å².